The summed E-state index contributed by atoms with van der Waals surface area (Å²) in [5.41, 5.74) is 7.29. The average molecular weight is 294 g/mol. The highest BCUT2D eigenvalue weighted by Crippen LogP contribution is 2.21. The summed E-state index contributed by atoms with van der Waals surface area (Å²) in [5, 5.41) is 3.98. The summed E-state index contributed by atoms with van der Waals surface area (Å²) < 4.78 is 10.9. The van der Waals surface area contributed by atoms with Crippen molar-refractivity contribution < 1.29 is 14.1 Å². The van der Waals surface area contributed by atoms with Crippen molar-refractivity contribution >= 4 is 5.91 Å². The zero-order valence-corrected chi connectivity index (χ0v) is 11.7. The number of amides is 1. The number of primary amides is 1. The highest BCUT2D eigenvalue weighted by molar-refractivity contribution is 5.92. The van der Waals surface area contributed by atoms with Crippen molar-refractivity contribution in [1.29, 1.82) is 0 Å². The summed E-state index contributed by atoms with van der Waals surface area (Å²) in [6, 6.07) is 18.2. The van der Waals surface area contributed by atoms with E-state index in [9.17, 15) is 4.79 Å². The number of rotatable bonds is 5. The summed E-state index contributed by atoms with van der Waals surface area (Å²) in [7, 11) is 0. The van der Waals surface area contributed by atoms with Gasteiger partial charge < -0.3 is 15.0 Å². The van der Waals surface area contributed by atoms with Crippen LogP contribution < -0.4 is 10.5 Å². The molecule has 110 valence electrons. The van der Waals surface area contributed by atoms with E-state index in [0.29, 0.717) is 22.8 Å². The van der Waals surface area contributed by atoms with Gasteiger partial charge in [-0.3, -0.25) is 4.79 Å². The van der Waals surface area contributed by atoms with Crippen LogP contribution >= 0.6 is 0 Å². The molecule has 5 heteroatoms. The zero-order chi connectivity index (χ0) is 15.4. The van der Waals surface area contributed by atoms with Crippen LogP contribution in [0.3, 0.4) is 0 Å². The van der Waals surface area contributed by atoms with Gasteiger partial charge in [-0.15, -0.1) is 0 Å². The fourth-order valence-corrected chi connectivity index (χ4v) is 1.99. The lowest BCUT2D eigenvalue weighted by Crippen LogP contribution is -2.10. The molecule has 0 bridgehead atoms. The number of hydrogen-bond acceptors (Lipinski definition) is 4. The summed E-state index contributed by atoms with van der Waals surface area (Å²) in [6.07, 6.45) is 0. The van der Waals surface area contributed by atoms with Crippen molar-refractivity contribution in [2.45, 2.75) is 6.61 Å². The van der Waals surface area contributed by atoms with Crippen molar-refractivity contribution in [2.75, 3.05) is 0 Å². The van der Waals surface area contributed by atoms with Crippen LogP contribution in [0.5, 0.6) is 5.75 Å². The molecule has 0 saturated heterocycles. The van der Waals surface area contributed by atoms with Crippen molar-refractivity contribution in [2.24, 2.45) is 5.73 Å². The Hall–Kier alpha value is -3.08. The van der Waals surface area contributed by atoms with Gasteiger partial charge in [0.2, 0.25) is 5.91 Å². The maximum atomic E-state index is 11.0. The van der Waals surface area contributed by atoms with Crippen LogP contribution in [0.1, 0.15) is 16.1 Å². The molecule has 5 nitrogen and oxygen atoms in total. The minimum atomic E-state index is -0.462. The highest BCUT2D eigenvalue weighted by atomic mass is 16.5. The van der Waals surface area contributed by atoms with E-state index in [-0.39, 0.29) is 6.61 Å². The van der Waals surface area contributed by atoms with Crippen LogP contribution in [0, 0.1) is 0 Å². The Bertz CT molecular complexity index is 764. The largest absolute Gasteiger partial charge is 0.487 e. The minimum absolute atomic E-state index is 0.284. The van der Waals surface area contributed by atoms with Gasteiger partial charge in [-0.05, 0) is 24.3 Å². The number of ether oxygens (including phenoxy) is 1. The van der Waals surface area contributed by atoms with E-state index in [1.54, 1.807) is 24.3 Å². The maximum absolute atomic E-state index is 11.0. The first kappa shape index (κ1) is 13.9. The third-order valence-electron chi connectivity index (χ3n) is 3.14. The molecule has 0 aliphatic rings. The number of benzene rings is 2. The van der Waals surface area contributed by atoms with Gasteiger partial charge in [-0.1, -0.05) is 35.5 Å². The van der Waals surface area contributed by atoms with Gasteiger partial charge in [0, 0.05) is 17.2 Å². The highest BCUT2D eigenvalue weighted by Gasteiger charge is 2.07. The second-order valence-electron chi connectivity index (χ2n) is 4.73. The molecule has 2 aromatic carbocycles. The van der Waals surface area contributed by atoms with Crippen LogP contribution in [-0.4, -0.2) is 11.1 Å². The minimum Gasteiger partial charge on any atom is -0.487 e. The number of hydrogen-bond donors (Lipinski definition) is 1. The van der Waals surface area contributed by atoms with Crippen LogP contribution in [-0.2, 0) is 6.61 Å². The fourth-order valence-electron chi connectivity index (χ4n) is 1.99. The van der Waals surface area contributed by atoms with E-state index in [2.05, 4.69) is 5.16 Å². The summed E-state index contributed by atoms with van der Waals surface area (Å²) >= 11 is 0. The molecule has 0 fully saturated rings. The van der Waals surface area contributed by atoms with Crippen molar-refractivity contribution in [3.8, 4) is 17.1 Å². The molecule has 0 radical (unpaired) electrons. The molecule has 0 aliphatic carbocycles. The van der Waals surface area contributed by atoms with E-state index in [1.165, 1.54) is 0 Å². The summed E-state index contributed by atoms with van der Waals surface area (Å²) in [6.45, 7) is 0.284. The Morgan fingerprint density at radius 1 is 1.09 bits per heavy atom. The summed E-state index contributed by atoms with van der Waals surface area (Å²) in [4.78, 5) is 11.0. The van der Waals surface area contributed by atoms with Crippen molar-refractivity contribution in [3.63, 3.8) is 0 Å². The Morgan fingerprint density at radius 3 is 2.50 bits per heavy atom. The number of carbonyl (C=O) groups is 1. The van der Waals surface area contributed by atoms with Gasteiger partial charge in [0.1, 0.15) is 18.1 Å². The Labute approximate surface area is 127 Å². The molecule has 3 rings (SSSR count). The third-order valence-corrected chi connectivity index (χ3v) is 3.14. The monoisotopic (exact) mass is 294 g/mol. The van der Waals surface area contributed by atoms with Gasteiger partial charge >= 0.3 is 0 Å². The standard InChI is InChI=1S/C17H14N2O3/c18-17(20)13-6-8-15(9-7-13)21-11-14-10-16(22-19-14)12-4-2-1-3-5-12/h1-10H,11H2,(H2,18,20). The lowest BCUT2D eigenvalue weighted by atomic mass is 10.2. The van der Waals surface area contributed by atoms with Gasteiger partial charge in [-0.2, -0.15) is 0 Å². The Morgan fingerprint density at radius 2 is 1.82 bits per heavy atom. The second kappa shape index (κ2) is 6.13. The molecular weight excluding hydrogens is 280 g/mol. The van der Waals surface area contributed by atoms with E-state index in [0.717, 1.165) is 5.56 Å². The SMILES string of the molecule is NC(=O)c1ccc(OCc2cc(-c3ccccc3)on2)cc1. The Kier molecular flexibility index (Phi) is 3.87. The number of carbonyl (C=O) groups excluding carboxylic acids is 1. The van der Waals surface area contributed by atoms with Gasteiger partial charge in [0.15, 0.2) is 5.76 Å². The smallest absolute Gasteiger partial charge is 0.248 e. The number of nitrogens with zero attached hydrogens (tertiary/aromatic N) is 1. The van der Waals surface area contributed by atoms with E-state index in [4.69, 9.17) is 15.0 Å². The number of aromatic nitrogens is 1. The average Bonchev–Trinajstić information content (AvgIpc) is 3.03. The quantitative estimate of drug-likeness (QED) is 0.784. The number of nitrogens with two attached hydrogens (primary N) is 1. The molecule has 0 spiro atoms. The maximum Gasteiger partial charge on any atom is 0.248 e. The van der Waals surface area contributed by atoms with Gasteiger partial charge in [0.05, 0.1) is 0 Å². The van der Waals surface area contributed by atoms with Crippen LogP contribution in [0.25, 0.3) is 11.3 Å². The first-order chi connectivity index (χ1) is 10.7. The first-order valence-corrected chi connectivity index (χ1v) is 6.76. The predicted octanol–water partition coefficient (Wildman–Crippen LogP) is 3.02. The van der Waals surface area contributed by atoms with Gasteiger partial charge in [-0.25, -0.2) is 0 Å². The van der Waals surface area contributed by atoms with Crippen LogP contribution in [0.2, 0.25) is 0 Å². The molecule has 1 aromatic heterocycles. The molecule has 1 amide bonds. The Balaban J connectivity index is 1.65. The molecule has 3 aromatic rings. The van der Waals surface area contributed by atoms with Crippen molar-refractivity contribution in [1.82, 2.24) is 5.16 Å². The summed E-state index contributed by atoms with van der Waals surface area (Å²) in [5.74, 6) is 0.869. The van der Waals surface area contributed by atoms with E-state index >= 15 is 0 Å². The van der Waals surface area contributed by atoms with E-state index in [1.807, 2.05) is 36.4 Å². The molecule has 0 atom stereocenters. The second-order valence-corrected chi connectivity index (χ2v) is 4.73. The van der Waals surface area contributed by atoms with E-state index < -0.39 is 5.91 Å². The molecule has 0 saturated carbocycles. The molecular formula is C17H14N2O3. The normalized spacial score (nSPS) is 10.4. The van der Waals surface area contributed by atoms with Crippen molar-refractivity contribution in [3.05, 3.63) is 71.9 Å². The lowest BCUT2D eigenvalue weighted by molar-refractivity contribution is 0.1000. The lowest BCUT2D eigenvalue weighted by Gasteiger charge is -2.03. The van der Waals surface area contributed by atoms with Crippen LogP contribution in [0.4, 0.5) is 0 Å². The first-order valence-electron chi connectivity index (χ1n) is 6.76. The topological polar surface area (TPSA) is 78.4 Å². The molecule has 22 heavy (non-hydrogen) atoms. The third kappa shape index (κ3) is 3.15. The predicted molar refractivity (Wildman–Crippen MR) is 81.2 cm³/mol. The molecule has 2 N–H and O–H groups in total. The molecule has 0 unspecified atom stereocenters. The van der Waals surface area contributed by atoms with Crippen LogP contribution in [0.15, 0.2) is 65.2 Å². The molecule has 1 heterocycles. The molecule has 0 aliphatic heterocycles. The van der Waals surface area contributed by atoms with Gasteiger partial charge in [0.25, 0.3) is 0 Å². The fraction of sp³-hybridized carbons (Fsp3) is 0.0588. The zero-order valence-electron chi connectivity index (χ0n) is 11.7.